The van der Waals surface area contributed by atoms with Crippen LogP contribution in [0.4, 0.5) is 0 Å². The van der Waals surface area contributed by atoms with Crippen LogP contribution in [0.5, 0.6) is 0 Å². The molecule has 1 aliphatic heterocycles. The van der Waals surface area contributed by atoms with Gasteiger partial charge in [0, 0.05) is 18.6 Å². The van der Waals surface area contributed by atoms with E-state index in [0.29, 0.717) is 0 Å². The van der Waals surface area contributed by atoms with Crippen LogP contribution in [0.25, 0.3) is 0 Å². The molecule has 1 saturated heterocycles. The van der Waals surface area contributed by atoms with E-state index in [2.05, 4.69) is 10.2 Å². The maximum atomic E-state index is 3.63. The molecular weight excluding hydrogens is 184 g/mol. The summed E-state index contributed by atoms with van der Waals surface area (Å²) in [7, 11) is 0. The number of rotatable bonds is 6. The Morgan fingerprint density at radius 2 is 1.93 bits per heavy atom. The Bertz CT molecular complexity index is 203. The Kier molecular flexibility index (Phi) is 2.98. The van der Waals surface area contributed by atoms with Crippen molar-refractivity contribution in [1.29, 1.82) is 0 Å². The molecule has 0 radical (unpaired) electrons. The number of hydrogen-bond acceptors (Lipinski definition) is 2. The van der Waals surface area contributed by atoms with E-state index in [-0.39, 0.29) is 0 Å². The van der Waals surface area contributed by atoms with Crippen LogP contribution in [0.2, 0.25) is 0 Å². The molecule has 1 N–H and O–H groups in total. The van der Waals surface area contributed by atoms with Crippen molar-refractivity contribution in [3.63, 3.8) is 0 Å². The minimum atomic E-state index is 0.810. The Morgan fingerprint density at radius 1 is 1.07 bits per heavy atom. The minimum absolute atomic E-state index is 0.810. The third kappa shape index (κ3) is 2.94. The van der Waals surface area contributed by atoms with Gasteiger partial charge in [0.05, 0.1) is 0 Å². The highest BCUT2D eigenvalue weighted by Crippen LogP contribution is 2.34. The lowest BCUT2D eigenvalue weighted by Gasteiger charge is -2.25. The normalized spacial score (nSPS) is 31.4. The summed E-state index contributed by atoms with van der Waals surface area (Å²) < 4.78 is 0. The fourth-order valence-corrected chi connectivity index (χ4v) is 2.81. The fourth-order valence-electron chi connectivity index (χ4n) is 2.81. The summed E-state index contributed by atoms with van der Waals surface area (Å²) in [5.41, 5.74) is 0. The average molecular weight is 208 g/mol. The molecule has 2 saturated carbocycles. The molecule has 3 rings (SSSR count). The van der Waals surface area contributed by atoms with Gasteiger partial charge < -0.3 is 5.32 Å². The molecule has 1 heterocycles. The summed E-state index contributed by atoms with van der Waals surface area (Å²) in [5, 5.41) is 3.63. The second-order valence-corrected chi connectivity index (χ2v) is 5.75. The van der Waals surface area contributed by atoms with E-state index in [1.54, 1.807) is 0 Å². The standard InChI is InChI=1S/C13H24N2/c1-2-12(14-8-1)10-15(13-5-6-13)9-7-11-3-4-11/h11-14H,1-10H2. The SMILES string of the molecule is C1CNC(CN(CCC2CC2)C2CC2)C1. The molecule has 1 unspecified atom stereocenters. The predicted molar refractivity (Wildman–Crippen MR) is 63.0 cm³/mol. The third-order valence-electron chi connectivity index (χ3n) is 4.20. The zero-order valence-electron chi connectivity index (χ0n) is 9.75. The van der Waals surface area contributed by atoms with E-state index in [1.807, 2.05) is 0 Å². The van der Waals surface area contributed by atoms with Crippen molar-refractivity contribution < 1.29 is 0 Å². The van der Waals surface area contributed by atoms with Crippen molar-refractivity contribution in [2.45, 2.75) is 57.0 Å². The second-order valence-electron chi connectivity index (χ2n) is 5.75. The van der Waals surface area contributed by atoms with Gasteiger partial charge in [0.15, 0.2) is 0 Å². The Balaban J connectivity index is 1.43. The van der Waals surface area contributed by atoms with Crippen molar-refractivity contribution in [1.82, 2.24) is 10.2 Å². The summed E-state index contributed by atoms with van der Waals surface area (Å²) >= 11 is 0. The van der Waals surface area contributed by atoms with E-state index in [1.165, 1.54) is 64.6 Å². The van der Waals surface area contributed by atoms with Crippen LogP contribution in [-0.2, 0) is 0 Å². The summed E-state index contributed by atoms with van der Waals surface area (Å²) in [6, 6.07) is 1.77. The minimum Gasteiger partial charge on any atom is -0.313 e. The maximum absolute atomic E-state index is 3.63. The van der Waals surface area contributed by atoms with Gasteiger partial charge in [-0.2, -0.15) is 0 Å². The van der Waals surface area contributed by atoms with Gasteiger partial charge in [-0.15, -0.1) is 0 Å². The molecule has 3 fully saturated rings. The Labute approximate surface area is 93.4 Å². The van der Waals surface area contributed by atoms with Gasteiger partial charge in [-0.1, -0.05) is 12.8 Å². The number of hydrogen-bond donors (Lipinski definition) is 1. The van der Waals surface area contributed by atoms with Crippen LogP contribution < -0.4 is 5.32 Å². The van der Waals surface area contributed by atoms with Crippen molar-refractivity contribution >= 4 is 0 Å². The first kappa shape index (κ1) is 10.1. The Hall–Kier alpha value is -0.0800. The topological polar surface area (TPSA) is 15.3 Å². The lowest BCUT2D eigenvalue weighted by atomic mass is 10.2. The van der Waals surface area contributed by atoms with Gasteiger partial charge in [0.25, 0.3) is 0 Å². The zero-order valence-corrected chi connectivity index (χ0v) is 9.75. The van der Waals surface area contributed by atoms with E-state index in [0.717, 1.165) is 18.0 Å². The van der Waals surface area contributed by atoms with Crippen LogP contribution >= 0.6 is 0 Å². The van der Waals surface area contributed by atoms with Gasteiger partial charge in [-0.05, 0) is 51.1 Å². The average Bonchev–Trinajstić information content (AvgIpc) is 3.15. The first-order valence-electron chi connectivity index (χ1n) is 6.89. The molecule has 0 amide bonds. The highest BCUT2D eigenvalue weighted by atomic mass is 15.2. The van der Waals surface area contributed by atoms with E-state index < -0.39 is 0 Å². The summed E-state index contributed by atoms with van der Waals surface area (Å²) in [6.07, 6.45) is 10.2. The van der Waals surface area contributed by atoms with E-state index in [4.69, 9.17) is 0 Å². The monoisotopic (exact) mass is 208 g/mol. The van der Waals surface area contributed by atoms with Gasteiger partial charge in [0.1, 0.15) is 0 Å². The third-order valence-corrected chi connectivity index (χ3v) is 4.20. The number of nitrogens with zero attached hydrogens (tertiary/aromatic N) is 1. The number of nitrogens with one attached hydrogen (secondary N) is 1. The molecule has 0 aromatic rings. The van der Waals surface area contributed by atoms with Crippen LogP contribution in [0.15, 0.2) is 0 Å². The van der Waals surface area contributed by atoms with Gasteiger partial charge in [-0.25, -0.2) is 0 Å². The second kappa shape index (κ2) is 4.42. The van der Waals surface area contributed by atoms with Gasteiger partial charge >= 0.3 is 0 Å². The quantitative estimate of drug-likeness (QED) is 0.718. The lowest BCUT2D eigenvalue weighted by Crippen LogP contribution is -2.39. The molecule has 0 bridgehead atoms. The van der Waals surface area contributed by atoms with Crippen molar-refractivity contribution in [2.24, 2.45) is 5.92 Å². The molecule has 86 valence electrons. The molecule has 2 aliphatic carbocycles. The largest absolute Gasteiger partial charge is 0.313 e. The van der Waals surface area contributed by atoms with Crippen LogP contribution in [0, 0.1) is 5.92 Å². The van der Waals surface area contributed by atoms with Crippen molar-refractivity contribution in [3.05, 3.63) is 0 Å². The van der Waals surface area contributed by atoms with Crippen molar-refractivity contribution in [2.75, 3.05) is 19.6 Å². The predicted octanol–water partition coefficient (Wildman–Crippen LogP) is 2.00. The highest BCUT2D eigenvalue weighted by Gasteiger charge is 2.32. The molecule has 2 nitrogen and oxygen atoms in total. The first-order chi connectivity index (χ1) is 7.42. The molecule has 0 aromatic heterocycles. The summed E-state index contributed by atoms with van der Waals surface area (Å²) in [6.45, 7) is 3.97. The summed E-state index contributed by atoms with van der Waals surface area (Å²) in [5.74, 6) is 1.10. The Morgan fingerprint density at radius 3 is 2.53 bits per heavy atom. The van der Waals surface area contributed by atoms with Crippen LogP contribution in [0.1, 0.15) is 44.9 Å². The maximum Gasteiger partial charge on any atom is 0.0195 e. The van der Waals surface area contributed by atoms with Gasteiger partial charge in [0.2, 0.25) is 0 Å². The highest BCUT2D eigenvalue weighted by molar-refractivity contribution is 4.89. The first-order valence-corrected chi connectivity index (χ1v) is 6.89. The molecule has 15 heavy (non-hydrogen) atoms. The van der Waals surface area contributed by atoms with E-state index in [9.17, 15) is 0 Å². The van der Waals surface area contributed by atoms with E-state index >= 15 is 0 Å². The molecule has 0 spiro atoms. The zero-order chi connectivity index (χ0) is 10.1. The van der Waals surface area contributed by atoms with Crippen molar-refractivity contribution in [3.8, 4) is 0 Å². The van der Waals surface area contributed by atoms with Crippen LogP contribution in [-0.4, -0.2) is 36.6 Å². The smallest absolute Gasteiger partial charge is 0.0195 e. The summed E-state index contributed by atoms with van der Waals surface area (Å²) in [4.78, 5) is 2.78. The molecule has 3 aliphatic rings. The van der Waals surface area contributed by atoms with Gasteiger partial charge in [-0.3, -0.25) is 4.90 Å². The fraction of sp³-hybridized carbons (Fsp3) is 1.00. The molecule has 1 atom stereocenters. The molecule has 0 aromatic carbocycles. The molecular formula is C13H24N2. The molecule has 2 heteroatoms. The van der Waals surface area contributed by atoms with Crippen LogP contribution in [0.3, 0.4) is 0 Å². The lowest BCUT2D eigenvalue weighted by molar-refractivity contribution is 0.232.